The van der Waals surface area contributed by atoms with Gasteiger partial charge in [0.25, 0.3) is 0 Å². The van der Waals surface area contributed by atoms with Crippen LogP contribution in [0.2, 0.25) is 0 Å². The number of fused-ring (bicyclic) bond motifs is 1. The molecule has 1 aliphatic rings. The van der Waals surface area contributed by atoms with Crippen LogP contribution in [-0.2, 0) is 0 Å². The van der Waals surface area contributed by atoms with E-state index in [4.69, 9.17) is 4.98 Å². The molecule has 0 unspecified atom stereocenters. The number of pyridine rings is 1. The maximum absolute atomic E-state index is 4.70. The van der Waals surface area contributed by atoms with Crippen molar-refractivity contribution in [3.63, 3.8) is 0 Å². The van der Waals surface area contributed by atoms with Crippen molar-refractivity contribution in [1.82, 2.24) is 9.97 Å². The SMILES string of the molecule is c1ccc(N2CCN(c3nc4cccnc4s3)CC2)cc1. The second kappa shape index (κ2) is 5.33. The van der Waals surface area contributed by atoms with Gasteiger partial charge in [0, 0.05) is 38.1 Å². The Kier molecular flexibility index (Phi) is 3.20. The van der Waals surface area contributed by atoms with Gasteiger partial charge in [-0.05, 0) is 24.3 Å². The van der Waals surface area contributed by atoms with E-state index in [-0.39, 0.29) is 0 Å². The van der Waals surface area contributed by atoms with E-state index in [9.17, 15) is 0 Å². The summed E-state index contributed by atoms with van der Waals surface area (Å²) in [6, 6.07) is 14.6. The summed E-state index contributed by atoms with van der Waals surface area (Å²) in [6.45, 7) is 4.09. The number of thiazole rings is 1. The molecule has 4 nitrogen and oxygen atoms in total. The number of rotatable bonds is 2. The Hall–Kier alpha value is -2.14. The highest BCUT2D eigenvalue weighted by Gasteiger charge is 2.20. The molecule has 0 spiro atoms. The van der Waals surface area contributed by atoms with Crippen molar-refractivity contribution in [2.45, 2.75) is 0 Å². The van der Waals surface area contributed by atoms with Crippen LogP contribution < -0.4 is 9.80 Å². The quantitative estimate of drug-likeness (QED) is 0.727. The van der Waals surface area contributed by atoms with Crippen LogP contribution in [0.25, 0.3) is 10.3 Å². The highest BCUT2D eigenvalue weighted by molar-refractivity contribution is 7.21. The number of anilines is 2. The van der Waals surface area contributed by atoms with Crippen LogP contribution in [0.1, 0.15) is 0 Å². The smallest absolute Gasteiger partial charge is 0.188 e. The molecule has 1 saturated heterocycles. The van der Waals surface area contributed by atoms with Crippen molar-refractivity contribution in [1.29, 1.82) is 0 Å². The van der Waals surface area contributed by atoms with E-state index in [0.717, 1.165) is 41.7 Å². The van der Waals surface area contributed by atoms with Gasteiger partial charge in [-0.2, -0.15) is 0 Å². The Morgan fingerprint density at radius 3 is 2.38 bits per heavy atom. The number of para-hydroxylation sites is 1. The predicted molar refractivity (Wildman–Crippen MR) is 88.3 cm³/mol. The maximum atomic E-state index is 4.70. The van der Waals surface area contributed by atoms with Crippen LogP contribution in [0.4, 0.5) is 10.8 Å². The van der Waals surface area contributed by atoms with Crippen molar-refractivity contribution in [2.75, 3.05) is 36.0 Å². The predicted octanol–water partition coefficient (Wildman–Crippen LogP) is 3.02. The summed E-state index contributed by atoms with van der Waals surface area (Å²) >= 11 is 1.69. The van der Waals surface area contributed by atoms with Gasteiger partial charge < -0.3 is 9.80 Å². The van der Waals surface area contributed by atoms with Gasteiger partial charge in [-0.3, -0.25) is 0 Å². The molecule has 1 aliphatic heterocycles. The summed E-state index contributed by atoms with van der Waals surface area (Å²) < 4.78 is 0. The molecule has 2 aromatic heterocycles. The monoisotopic (exact) mass is 296 g/mol. The second-order valence-electron chi connectivity index (χ2n) is 5.13. The topological polar surface area (TPSA) is 32.3 Å². The fourth-order valence-corrected chi connectivity index (χ4v) is 3.65. The zero-order valence-electron chi connectivity index (χ0n) is 11.6. The van der Waals surface area contributed by atoms with Gasteiger partial charge in [0.1, 0.15) is 10.3 Å². The molecule has 4 rings (SSSR count). The second-order valence-corrected chi connectivity index (χ2v) is 6.09. The molecule has 3 heterocycles. The first-order chi connectivity index (χ1) is 10.4. The maximum Gasteiger partial charge on any atom is 0.188 e. The van der Waals surface area contributed by atoms with Crippen molar-refractivity contribution < 1.29 is 0 Å². The molecule has 0 amide bonds. The number of hydrogen-bond acceptors (Lipinski definition) is 5. The lowest BCUT2D eigenvalue weighted by Crippen LogP contribution is -2.46. The van der Waals surface area contributed by atoms with Gasteiger partial charge >= 0.3 is 0 Å². The van der Waals surface area contributed by atoms with Crippen molar-refractivity contribution in [3.8, 4) is 0 Å². The molecule has 106 valence electrons. The Balaban J connectivity index is 1.50. The third kappa shape index (κ3) is 2.45. The molecule has 1 fully saturated rings. The fourth-order valence-electron chi connectivity index (χ4n) is 2.69. The van der Waals surface area contributed by atoms with E-state index < -0.39 is 0 Å². The summed E-state index contributed by atoms with van der Waals surface area (Å²) in [5.41, 5.74) is 2.31. The number of piperazine rings is 1. The minimum Gasteiger partial charge on any atom is -0.368 e. The van der Waals surface area contributed by atoms with Crippen molar-refractivity contribution in [3.05, 3.63) is 48.7 Å². The minimum atomic E-state index is 1.00. The molecule has 0 N–H and O–H groups in total. The van der Waals surface area contributed by atoms with Crippen LogP contribution in [-0.4, -0.2) is 36.1 Å². The zero-order chi connectivity index (χ0) is 14.1. The van der Waals surface area contributed by atoms with Crippen LogP contribution in [0, 0.1) is 0 Å². The molecular weight excluding hydrogens is 280 g/mol. The van der Waals surface area contributed by atoms with Gasteiger partial charge in [-0.1, -0.05) is 29.5 Å². The lowest BCUT2D eigenvalue weighted by Gasteiger charge is -2.35. The number of nitrogens with zero attached hydrogens (tertiary/aromatic N) is 4. The van der Waals surface area contributed by atoms with E-state index in [2.05, 4.69) is 45.1 Å². The zero-order valence-corrected chi connectivity index (χ0v) is 12.5. The molecule has 0 saturated carbocycles. The summed E-state index contributed by atoms with van der Waals surface area (Å²) in [5, 5.41) is 1.09. The number of benzene rings is 1. The highest BCUT2D eigenvalue weighted by Crippen LogP contribution is 2.28. The lowest BCUT2D eigenvalue weighted by atomic mass is 10.2. The highest BCUT2D eigenvalue weighted by atomic mass is 32.1. The van der Waals surface area contributed by atoms with Crippen molar-refractivity contribution >= 4 is 32.5 Å². The van der Waals surface area contributed by atoms with E-state index >= 15 is 0 Å². The van der Waals surface area contributed by atoms with Gasteiger partial charge in [-0.15, -0.1) is 0 Å². The molecule has 5 heteroatoms. The molecule has 21 heavy (non-hydrogen) atoms. The molecule has 3 aromatic rings. The first kappa shape index (κ1) is 12.6. The van der Waals surface area contributed by atoms with Crippen LogP contribution in [0.5, 0.6) is 0 Å². The summed E-state index contributed by atoms with van der Waals surface area (Å²) in [7, 11) is 0. The molecule has 0 radical (unpaired) electrons. The molecular formula is C16H16N4S. The standard InChI is InChI=1S/C16H16N4S/c1-2-5-13(6-3-1)19-9-11-20(12-10-19)16-18-14-7-4-8-17-15(14)21-16/h1-8H,9-12H2. The Labute approximate surface area is 127 Å². The van der Waals surface area contributed by atoms with Gasteiger partial charge in [0.05, 0.1) is 0 Å². The normalized spacial score (nSPS) is 15.6. The van der Waals surface area contributed by atoms with Gasteiger partial charge in [0.2, 0.25) is 0 Å². The fraction of sp³-hybridized carbons (Fsp3) is 0.250. The molecule has 0 bridgehead atoms. The Bertz CT molecular complexity index is 699. The van der Waals surface area contributed by atoms with Crippen LogP contribution >= 0.6 is 11.3 Å². The Morgan fingerprint density at radius 2 is 1.62 bits per heavy atom. The largest absolute Gasteiger partial charge is 0.368 e. The van der Waals surface area contributed by atoms with Gasteiger partial charge in [-0.25, -0.2) is 9.97 Å². The summed E-state index contributed by atoms with van der Waals surface area (Å²) in [5.74, 6) is 0. The summed E-state index contributed by atoms with van der Waals surface area (Å²) in [4.78, 5) is 14.9. The number of hydrogen-bond donors (Lipinski definition) is 0. The summed E-state index contributed by atoms with van der Waals surface area (Å²) in [6.07, 6.45) is 1.83. The molecule has 1 aromatic carbocycles. The van der Waals surface area contributed by atoms with Crippen LogP contribution in [0.15, 0.2) is 48.7 Å². The Morgan fingerprint density at radius 1 is 0.857 bits per heavy atom. The van der Waals surface area contributed by atoms with E-state index in [1.54, 1.807) is 11.3 Å². The third-order valence-corrected chi connectivity index (χ3v) is 4.87. The molecule has 0 atom stereocenters. The average molecular weight is 296 g/mol. The lowest BCUT2D eigenvalue weighted by molar-refractivity contribution is 0.652. The van der Waals surface area contributed by atoms with E-state index in [1.165, 1.54) is 5.69 Å². The third-order valence-electron chi connectivity index (χ3n) is 3.83. The van der Waals surface area contributed by atoms with Gasteiger partial charge in [0.15, 0.2) is 5.13 Å². The number of aromatic nitrogens is 2. The van der Waals surface area contributed by atoms with E-state index in [0.29, 0.717) is 0 Å². The molecule has 0 aliphatic carbocycles. The first-order valence-electron chi connectivity index (χ1n) is 7.17. The first-order valence-corrected chi connectivity index (χ1v) is 7.98. The van der Waals surface area contributed by atoms with E-state index in [1.807, 2.05) is 18.3 Å². The minimum absolute atomic E-state index is 1.00. The average Bonchev–Trinajstić information content (AvgIpc) is 3.00. The van der Waals surface area contributed by atoms with Crippen LogP contribution in [0.3, 0.4) is 0 Å². The van der Waals surface area contributed by atoms with Crippen molar-refractivity contribution in [2.24, 2.45) is 0 Å².